The molecule has 106 valence electrons. The summed E-state index contributed by atoms with van der Waals surface area (Å²) in [6.07, 6.45) is 0. The lowest BCUT2D eigenvalue weighted by Crippen LogP contribution is -2.31. The SMILES string of the molecule is COc1cccc(-c2ccc(C(C)(C)O)c(=O)n2C)c1. The number of aromatic nitrogens is 1. The lowest BCUT2D eigenvalue weighted by molar-refractivity contribution is 0.0766. The minimum absolute atomic E-state index is 0.196. The third kappa shape index (κ3) is 2.60. The first-order chi connectivity index (χ1) is 9.34. The van der Waals surface area contributed by atoms with Gasteiger partial charge in [-0.2, -0.15) is 0 Å². The smallest absolute Gasteiger partial charge is 0.256 e. The Morgan fingerprint density at radius 1 is 1.20 bits per heavy atom. The molecule has 0 fully saturated rings. The van der Waals surface area contributed by atoms with Crippen LogP contribution in [-0.4, -0.2) is 16.8 Å². The second kappa shape index (κ2) is 5.13. The lowest BCUT2D eigenvalue weighted by atomic mass is 9.99. The quantitative estimate of drug-likeness (QED) is 0.933. The number of hydrogen-bond donors (Lipinski definition) is 1. The van der Waals surface area contributed by atoms with E-state index < -0.39 is 5.60 Å². The fourth-order valence-electron chi connectivity index (χ4n) is 2.17. The van der Waals surface area contributed by atoms with Gasteiger partial charge in [0.25, 0.3) is 5.56 Å². The van der Waals surface area contributed by atoms with Crippen LogP contribution in [-0.2, 0) is 12.6 Å². The first-order valence-electron chi connectivity index (χ1n) is 6.42. The minimum atomic E-state index is -1.15. The fraction of sp³-hybridized carbons (Fsp3) is 0.312. The second-order valence-electron chi connectivity index (χ2n) is 5.29. The molecule has 4 nitrogen and oxygen atoms in total. The Morgan fingerprint density at radius 2 is 1.90 bits per heavy atom. The van der Waals surface area contributed by atoms with Gasteiger partial charge in [0.1, 0.15) is 5.75 Å². The van der Waals surface area contributed by atoms with Crippen LogP contribution in [0.1, 0.15) is 19.4 Å². The van der Waals surface area contributed by atoms with Crippen molar-refractivity contribution in [1.82, 2.24) is 4.57 Å². The molecule has 1 aromatic carbocycles. The Morgan fingerprint density at radius 3 is 2.50 bits per heavy atom. The van der Waals surface area contributed by atoms with Gasteiger partial charge in [0, 0.05) is 18.2 Å². The summed E-state index contributed by atoms with van der Waals surface area (Å²) in [6, 6.07) is 11.0. The molecule has 4 heteroatoms. The lowest BCUT2D eigenvalue weighted by Gasteiger charge is -2.19. The van der Waals surface area contributed by atoms with E-state index in [4.69, 9.17) is 4.74 Å². The molecule has 0 aliphatic heterocycles. The van der Waals surface area contributed by atoms with Crippen LogP contribution in [0.25, 0.3) is 11.3 Å². The fourth-order valence-corrected chi connectivity index (χ4v) is 2.17. The maximum absolute atomic E-state index is 12.3. The Bertz CT molecular complexity index is 681. The average Bonchev–Trinajstić information content (AvgIpc) is 2.40. The Kier molecular flexibility index (Phi) is 3.68. The van der Waals surface area contributed by atoms with Gasteiger partial charge in [0.05, 0.1) is 18.4 Å². The van der Waals surface area contributed by atoms with Crippen LogP contribution in [0.2, 0.25) is 0 Å². The van der Waals surface area contributed by atoms with E-state index in [1.807, 2.05) is 30.3 Å². The number of rotatable bonds is 3. The monoisotopic (exact) mass is 273 g/mol. The second-order valence-corrected chi connectivity index (χ2v) is 5.29. The predicted octanol–water partition coefficient (Wildman–Crippen LogP) is 2.29. The van der Waals surface area contributed by atoms with E-state index in [1.54, 1.807) is 38.6 Å². The first-order valence-corrected chi connectivity index (χ1v) is 6.42. The molecule has 0 bridgehead atoms. The molecule has 0 aliphatic carbocycles. The zero-order valence-electron chi connectivity index (χ0n) is 12.2. The highest BCUT2D eigenvalue weighted by Crippen LogP contribution is 2.24. The maximum atomic E-state index is 12.3. The summed E-state index contributed by atoms with van der Waals surface area (Å²) in [6.45, 7) is 3.21. The van der Waals surface area contributed by atoms with Crippen LogP contribution >= 0.6 is 0 Å². The minimum Gasteiger partial charge on any atom is -0.497 e. The van der Waals surface area contributed by atoms with Crippen LogP contribution < -0.4 is 10.3 Å². The molecular weight excluding hydrogens is 254 g/mol. The summed E-state index contributed by atoms with van der Waals surface area (Å²) in [7, 11) is 3.31. The summed E-state index contributed by atoms with van der Waals surface area (Å²) in [5.41, 5.74) is 0.708. The van der Waals surface area contributed by atoms with Gasteiger partial charge in [-0.05, 0) is 38.1 Å². The van der Waals surface area contributed by atoms with E-state index >= 15 is 0 Å². The van der Waals surface area contributed by atoms with Crippen LogP contribution in [0.3, 0.4) is 0 Å². The predicted molar refractivity (Wildman–Crippen MR) is 78.9 cm³/mol. The van der Waals surface area contributed by atoms with Crippen LogP contribution in [0.5, 0.6) is 5.75 Å². The van der Waals surface area contributed by atoms with Gasteiger partial charge >= 0.3 is 0 Å². The van der Waals surface area contributed by atoms with E-state index in [1.165, 1.54) is 0 Å². The van der Waals surface area contributed by atoms with Crippen molar-refractivity contribution in [2.45, 2.75) is 19.4 Å². The number of nitrogens with zero attached hydrogens (tertiary/aromatic N) is 1. The average molecular weight is 273 g/mol. The van der Waals surface area contributed by atoms with E-state index in [9.17, 15) is 9.90 Å². The Labute approximate surface area is 118 Å². The van der Waals surface area contributed by atoms with Crippen molar-refractivity contribution in [1.29, 1.82) is 0 Å². The normalized spacial score (nSPS) is 11.4. The zero-order chi connectivity index (χ0) is 14.9. The first kappa shape index (κ1) is 14.3. The van der Waals surface area contributed by atoms with Crippen LogP contribution in [0.4, 0.5) is 0 Å². The van der Waals surface area contributed by atoms with Gasteiger partial charge < -0.3 is 14.4 Å². The highest BCUT2D eigenvalue weighted by molar-refractivity contribution is 5.62. The molecule has 0 unspecified atom stereocenters. The van der Waals surface area contributed by atoms with Gasteiger partial charge in [0.15, 0.2) is 0 Å². The summed E-state index contributed by atoms with van der Waals surface area (Å²) in [5, 5.41) is 10.0. The highest BCUT2D eigenvalue weighted by atomic mass is 16.5. The van der Waals surface area contributed by atoms with Crippen LogP contribution in [0, 0.1) is 0 Å². The van der Waals surface area contributed by atoms with Crippen molar-refractivity contribution in [2.24, 2.45) is 7.05 Å². The number of ether oxygens (including phenoxy) is 1. The standard InChI is InChI=1S/C16H19NO3/c1-16(2,19)13-8-9-14(17(3)15(13)18)11-6-5-7-12(10-11)20-4/h5-10,19H,1-4H3. The van der Waals surface area contributed by atoms with Gasteiger partial charge in [0.2, 0.25) is 0 Å². The Hall–Kier alpha value is -2.07. The highest BCUT2D eigenvalue weighted by Gasteiger charge is 2.21. The molecule has 0 aliphatic rings. The molecular formula is C16H19NO3. The molecule has 0 saturated heterocycles. The molecule has 0 saturated carbocycles. The molecule has 0 amide bonds. The molecule has 0 radical (unpaired) electrons. The summed E-state index contributed by atoms with van der Waals surface area (Å²) < 4.78 is 6.74. The van der Waals surface area contributed by atoms with Crippen molar-refractivity contribution in [2.75, 3.05) is 7.11 Å². The van der Waals surface area contributed by atoms with Crippen molar-refractivity contribution in [3.8, 4) is 17.0 Å². The number of pyridine rings is 1. The van der Waals surface area contributed by atoms with Crippen molar-refractivity contribution in [3.63, 3.8) is 0 Å². The number of benzene rings is 1. The largest absolute Gasteiger partial charge is 0.497 e. The topological polar surface area (TPSA) is 51.5 Å². The van der Waals surface area contributed by atoms with Crippen LogP contribution in [0.15, 0.2) is 41.2 Å². The van der Waals surface area contributed by atoms with Crippen molar-refractivity contribution < 1.29 is 9.84 Å². The molecule has 1 aromatic heterocycles. The number of hydrogen-bond acceptors (Lipinski definition) is 3. The molecule has 1 heterocycles. The molecule has 0 atom stereocenters. The third-order valence-electron chi connectivity index (χ3n) is 3.33. The molecule has 20 heavy (non-hydrogen) atoms. The van der Waals surface area contributed by atoms with Gasteiger partial charge in [-0.3, -0.25) is 4.79 Å². The van der Waals surface area contributed by atoms with Crippen molar-refractivity contribution in [3.05, 3.63) is 52.3 Å². The maximum Gasteiger partial charge on any atom is 0.256 e. The molecule has 0 spiro atoms. The van der Waals surface area contributed by atoms with E-state index in [0.717, 1.165) is 17.0 Å². The van der Waals surface area contributed by atoms with Crippen molar-refractivity contribution >= 4 is 0 Å². The zero-order valence-corrected chi connectivity index (χ0v) is 12.2. The summed E-state index contributed by atoms with van der Waals surface area (Å²) in [5.74, 6) is 0.738. The summed E-state index contributed by atoms with van der Waals surface area (Å²) in [4.78, 5) is 12.3. The van der Waals surface area contributed by atoms with E-state index in [0.29, 0.717) is 5.56 Å². The van der Waals surface area contributed by atoms with E-state index in [2.05, 4.69) is 0 Å². The molecule has 2 rings (SSSR count). The number of methoxy groups -OCH3 is 1. The van der Waals surface area contributed by atoms with Gasteiger partial charge in [-0.1, -0.05) is 12.1 Å². The van der Waals surface area contributed by atoms with Gasteiger partial charge in [-0.25, -0.2) is 0 Å². The third-order valence-corrected chi connectivity index (χ3v) is 3.33. The Balaban J connectivity index is 2.60. The van der Waals surface area contributed by atoms with Gasteiger partial charge in [-0.15, -0.1) is 0 Å². The molecule has 2 aromatic rings. The summed E-state index contributed by atoms with van der Waals surface area (Å²) >= 11 is 0. The molecule has 1 N–H and O–H groups in total. The van der Waals surface area contributed by atoms with E-state index in [-0.39, 0.29) is 5.56 Å². The number of aliphatic hydroxyl groups is 1.